The predicted octanol–water partition coefficient (Wildman–Crippen LogP) is 1.83. The average Bonchev–Trinajstić information content (AvgIpc) is 2.05. The van der Waals surface area contributed by atoms with Crippen molar-refractivity contribution in [2.75, 3.05) is 14.2 Å². The van der Waals surface area contributed by atoms with Crippen LogP contribution in [0.4, 0.5) is 0 Å². The Balaban J connectivity index is 4.03. The third kappa shape index (κ3) is 4.60. The fourth-order valence-electron chi connectivity index (χ4n) is 1.23. The van der Waals surface area contributed by atoms with E-state index in [-0.39, 0.29) is 12.5 Å². The Hall–Kier alpha value is -0.120. The molecule has 80 valence electrons. The first kappa shape index (κ1) is 12.9. The van der Waals surface area contributed by atoms with E-state index in [1.165, 1.54) is 0 Å². The van der Waals surface area contributed by atoms with Crippen LogP contribution >= 0.6 is 0 Å². The van der Waals surface area contributed by atoms with Crippen LogP contribution in [-0.2, 0) is 9.47 Å². The van der Waals surface area contributed by atoms with Gasteiger partial charge >= 0.3 is 0 Å². The van der Waals surface area contributed by atoms with Crippen molar-refractivity contribution in [3.63, 3.8) is 0 Å². The fraction of sp³-hybridized carbons (Fsp3) is 1.00. The molecule has 0 aliphatic heterocycles. The summed E-state index contributed by atoms with van der Waals surface area (Å²) in [5, 5.41) is 3.31. The Kier molecular flexibility index (Phi) is 6.29. The van der Waals surface area contributed by atoms with E-state index in [2.05, 4.69) is 33.0 Å². The molecule has 1 N–H and O–H groups in total. The standard InChI is InChI=1S/C10H23NO2/c1-7(2)9(12-5)11-10(13-6)8(3)4/h7-11H,1-6H3. The average molecular weight is 189 g/mol. The highest BCUT2D eigenvalue weighted by Crippen LogP contribution is 2.08. The van der Waals surface area contributed by atoms with Gasteiger partial charge in [-0.05, 0) is 11.8 Å². The molecule has 0 saturated carbocycles. The van der Waals surface area contributed by atoms with Crippen molar-refractivity contribution in [1.82, 2.24) is 5.32 Å². The lowest BCUT2D eigenvalue weighted by Crippen LogP contribution is -2.46. The molecule has 13 heavy (non-hydrogen) atoms. The van der Waals surface area contributed by atoms with Crippen molar-refractivity contribution in [1.29, 1.82) is 0 Å². The van der Waals surface area contributed by atoms with E-state index in [0.717, 1.165) is 0 Å². The number of hydrogen-bond donors (Lipinski definition) is 1. The molecular weight excluding hydrogens is 166 g/mol. The summed E-state index contributed by atoms with van der Waals surface area (Å²) >= 11 is 0. The molecule has 0 saturated heterocycles. The monoisotopic (exact) mass is 189 g/mol. The Morgan fingerprint density at radius 1 is 0.769 bits per heavy atom. The van der Waals surface area contributed by atoms with Gasteiger partial charge in [0.05, 0.1) is 0 Å². The third-order valence-electron chi connectivity index (χ3n) is 2.05. The number of methoxy groups -OCH3 is 2. The number of hydrogen-bond acceptors (Lipinski definition) is 3. The minimum Gasteiger partial charge on any atom is -0.366 e. The molecule has 0 aromatic rings. The summed E-state index contributed by atoms with van der Waals surface area (Å²) in [6, 6.07) is 0. The lowest BCUT2D eigenvalue weighted by atomic mass is 10.1. The lowest BCUT2D eigenvalue weighted by molar-refractivity contribution is -0.0468. The largest absolute Gasteiger partial charge is 0.366 e. The second-order valence-corrected chi connectivity index (χ2v) is 3.97. The van der Waals surface area contributed by atoms with Gasteiger partial charge < -0.3 is 9.47 Å². The van der Waals surface area contributed by atoms with Crippen molar-refractivity contribution in [3.05, 3.63) is 0 Å². The molecule has 0 aliphatic carbocycles. The molecule has 0 fully saturated rings. The van der Waals surface area contributed by atoms with Crippen molar-refractivity contribution >= 4 is 0 Å². The van der Waals surface area contributed by atoms with E-state index in [1.54, 1.807) is 14.2 Å². The zero-order valence-electron chi connectivity index (χ0n) is 9.63. The van der Waals surface area contributed by atoms with Crippen LogP contribution < -0.4 is 5.32 Å². The minimum atomic E-state index is 0.0624. The van der Waals surface area contributed by atoms with Crippen LogP contribution in [0.2, 0.25) is 0 Å². The highest BCUT2D eigenvalue weighted by molar-refractivity contribution is 4.65. The van der Waals surface area contributed by atoms with Gasteiger partial charge in [0.2, 0.25) is 0 Å². The normalized spacial score (nSPS) is 16.6. The van der Waals surface area contributed by atoms with Crippen LogP contribution in [0.15, 0.2) is 0 Å². The molecule has 2 unspecified atom stereocenters. The highest BCUT2D eigenvalue weighted by Gasteiger charge is 2.19. The Morgan fingerprint density at radius 3 is 1.23 bits per heavy atom. The zero-order chi connectivity index (χ0) is 10.4. The van der Waals surface area contributed by atoms with Crippen LogP contribution in [0.25, 0.3) is 0 Å². The molecule has 0 bridgehead atoms. The molecule has 0 heterocycles. The minimum absolute atomic E-state index is 0.0624. The Morgan fingerprint density at radius 2 is 1.08 bits per heavy atom. The summed E-state index contributed by atoms with van der Waals surface area (Å²) in [6.45, 7) is 8.48. The number of nitrogens with one attached hydrogen (secondary N) is 1. The van der Waals surface area contributed by atoms with Crippen LogP contribution in [0, 0.1) is 11.8 Å². The predicted molar refractivity (Wildman–Crippen MR) is 54.4 cm³/mol. The molecule has 0 rings (SSSR count). The summed E-state index contributed by atoms with van der Waals surface area (Å²) in [5.74, 6) is 0.891. The van der Waals surface area contributed by atoms with E-state index in [0.29, 0.717) is 11.8 Å². The maximum Gasteiger partial charge on any atom is 0.111 e. The second-order valence-electron chi connectivity index (χ2n) is 3.97. The Labute approximate surface area is 81.8 Å². The summed E-state index contributed by atoms with van der Waals surface area (Å²) in [5.41, 5.74) is 0. The van der Waals surface area contributed by atoms with Gasteiger partial charge in [-0.15, -0.1) is 0 Å². The van der Waals surface area contributed by atoms with E-state index >= 15 is 0 Å². The van der Waals surface area contributed by atoms with Gasteiger partial charge in [0.15, 0.2) is 0 Å². The zero-order valence-corrected chi connectivity index (χ0v) is 9.63. The van der Waals surface area contributed by atoms with Crippen molar-refractivity contribution in [2.45, 2.75) is 40.2 Å². The van der Waals surface area contributed by atoms with Crippen LogP contribution in [0.3, 0.4) is 0 Å². The van der Waals surface area contributed by atoms with Gasteiger partial charge in [0.1, 0.15) is 12.5 Å². The second kappa shape index (κ2) is 6.35. The van der Waals surface area contributed by atoms with Gasteiger partial charge in [-0.1, -0.05) is 27.7 Å². The third-order valence-corrected chi connectivity index (χ3v) is 2.05. The van der Waals surface area contributed by atoms with Crippen molar-refractivity contribution in [2.24, 2.45) is 11.8 Å². The fourth-order valence-corrected chi connectivity index (χ4v) is 1.23. The molecule has 0 aliphatic rings. The molecule has 2 atom stereocenters. The van der Waals surface area contributed by atoms with E-state index in [1.807, 2.05) is 0 Å². The van der Waals surface area contributed by atoms with Crippen molar-refractivity contribution < 1.29 is 9.47 Å². The van der Waals surface area contributed by atoms with Gasteiger partial charge in [0.25, 0.3) is 0 Å². The smallest absolute Gasteiger partial charge is 0.111 e. The first-order chi connectivity index (χ1) is 6.02. The van der Waals surface area contributed by atoms with Gasteiger partial charge in [0, 0.05) is 14.2 Å². The summed E-state index contributed by atoms with van der Waals surface area (Å²) in [6.07, 6.45) is 0.125. The Bertz CT molecular complexity index is 112. The SMILES string of the molecule is COC(NC(OC)C(C)C)C(C)C. The summed E-state index contributed by atoms with van der Waals surface area (Å²) in [7, 11) is 3.43. The molecule has 3 nitrogen and oxygen atoms in total. The maximum absolute atomic E-state index is 5.30. The van der Waals surface area contributed by atoms with Crippen LogP contribution in [-0.4, -0.2) is 26.7 Å². The first-order valence-electron chi connectivity index (χ1n) is 4.84. The number of ether oxygens (including phenoxy) is 2. The maximum atomic E-state index is 5.30. The summed E-state index contributed by atoms with van der Waals surface area (Å²) in [4.78, 5) is 0. The molecule has 0 aromatic heterocycles. The van der Waals surface area contributed by atoms with Crippen LogP contribution in [0.5, 0.6) is 0 Å². The van der Waals surface area contributed by atoms with Crippen molar-refractivity contribution in [3.8, 4) is 0 Å². The van der Waals surface area contributed by atoms with E-state index in [4.69, 9.17) is 9.47 Å². The molecule has 3 heteroatoms. The highest BCUT2D eigenvalue weighted by atomic mass is 16.5. The topological polar surface area (TPSA) is 30.5 Å². The molecule has 0 radical (unpaired) electrons. The lowest BCUT2D eigenvalue weighted by Gasteiger charge is -2.28. The molecule has 0 spiro atoms. The quantitative estimate of drug-likeness (QED) is 0.647. The van der Waals surface area contributed by atoms with Gasteiger partial charge in [-0.25, -0.2) is 0 Å². The molecule has 0 amide bonds. The number of rotatable bonds is 6. The van der Waals surface area contributed by atoms with Gasteiger partial charge in [-0.2, -0.15) is 0 Å². The van der Waals surface area contributed by atoms with Gasteiger partial charge in [-0.3, -0.25) is 5.32 Å². The van der Waals surface area contributed by atoms with E-state index < -0.39 is 0 Å². The van der Waals surface area contributed by atoms with E-state index in [9.17, 15) is 0 Å². The van der Waals surface area contributed by atoms with Crippen LogP contribution in [0.1, 0.15) is 27.7 Å². The summed E-state index contributed by atoms with van der Waals surface area (Å²) < 4.78 is 10.6. The first-order valence-corrected chi connectivity index (χ1v) is 4.84. The molecular formula is C10H23NO2. The molecule has 0 aromatic carbocycles.